The molecule has 0 saturated carbocycles. The second kappa shape index (κ2) is 5.69. The number of hydrogen-bond donors (Lipinski definition) is 0. The van der Waals surface area contributed by atoms with Crippen molar-refractivity contribution in [2.45, 2.75) is 18.8 Å². The molecule has 1 atom stereocenters. The van der Waals surface area contributed by atoms with Gasteiger partial charge >= 0.3 is 0 Å². The van der Waals surface area contributed by atoms with Crippen molar-refractivity contribution in [1.29, 1.82) is 0 Å². The van der Waals surface area contributed by atoms with Gasteiger partial charge in [-0.15, -0.1) is 11.6 Å². The van der Waals surface area contributed by atoms with Crippen LogP contribution in [0.2, 0.25) is 0 Å². The first-order valence-electron chi connectivity index (χ1n) is 6.63. The molecule has 0 aliphatic carbocycles. The Hall–Kier alpha value is -2.14. The van der Waals surface area contributed by atoms with Crippen LogP contribution in [-0.2, 0) is 6.54 Å². The molecule has 0 aliphatic heterocycles. The fourth-order valence-electron chi connectivity index (χ4n) is 2.35. The van der Waals surface area contributed by atoms with Gasteiger partial charge in [-0.05, 0) is 25.1 Å². The predicted octanol–water partition coefficient (Wildman–Crippen LogP) is 3.18. The summed E-state index contributed by atoms with van der Waals surface area (Å²) in [6.07, 6.45) is 3.27. The number of methoxy groups -OCH3 is 1. The zero-order valence-electron chi connectivity index (χ0n) is 11.8. The minimum Gasteiger partial charge on any atom is -0.494 e. The number of rotatable bonds is 4. The number of hydrogen-bond acceptors (Lipinski definition) is 4. The van der Waals surface area contributed by atoms with E-state index in [1.807, 2.05) is 31.2 Å². The smallest absolute Gasteiger partial charge is 0.146 e. The number of benzene rings is 1. The van der Waals surface area contributed by atoms with Crippen LogP contribution in [0.15, 0.2) is 36.8 Å². The fourth-order valence-corrected chi connectivity index (χ4v) is 2.51. The van der Waals surface area contributed by atoms with Crippen LogP contribution in [0, 0.1) is 0 Å². The standard InChI is InChI=1S/C15H15ClN4O/c1-10(16)15-19-14-12(4-3-5-13(14)21-2)20(15)8-11-6-7-17-9-18-11/h3-7,9-10H,8H2,1-2H3. The van der Waals surface area contributed by atoms with Gasteiger partial charge in [0.05, 0.1) is 30.2 Å². The summed E-state index contributed by atoms with van der Waals surface area (Å²) in [7, 11) is 1.64. The lowest BCUT2D eigenvalue weighted by atomic mass is 10.3. The Labute approximate surface area is 127 Å². The van der Waals surface area contributed by atoms with Crippen LogP contribution in [0.5, 0.6) is 5.75 Å². The summed E-state index contributed by atoms with van der Waals surface area (Å²) in [4.78, 5) is 12.9. The molecule has 1 aromatic carbocycles. The quantitative estimate of drug-likeness (QED) is 0.695. The molecule has 2 heterocycles. The highest BCUT2D eigenvalue weighted by atomic mass is 35.5. The fraction of sp³-hybridized carbons (Fsp3) is 0.267. The van der Waals surface area contributed by atoms with E-state index in [9.17, 15) is 0 Å². The van der Waals surface area contributed by atoms with Gasteiger partial charge in [0, 0.05) is 6.20 Å². The van der Waals surface area contributed by atoms with Gasteiger partial charge in [-0.25, -0.2) is 15.0 Å². The lowest BCUT2D eigenvalue weighted by molar-refractivity contribution is 0.419. The number of ether oxygens (including phenoxy) is 1. The number of imidazole rings is 1. The molecule has 0 spiro atoms. The molecule has 2 aromatic heterocycles. The van der Waals surface area contributed by atoms with E-state index in [2.05, 4.69) is 19.5 Å². The van der Waals surface area contributed by atoms with Gasteiger partial charge in [-0.1, -0.05) is 6.07 Å². The predicted molar refractivity (Wildman–Crippen MR) is 81.7 cm³/mol. The molecule has 108 valence electrons. The number of aromatic nitrogens is 4. The molecule has 0 radical (unpaired) electrons. The lowest BCUT2D eigenvalue weighted by Gasteiger charge is -2.10. The van der Waals surface area contributed by atoms with E-state index in [4.69, 9.17) is 16.3 Å². The Morgan fingerprint density at radius 1 is 1.33 bits per heavy atom. The minimum atomic E-state index is -0.205. The second-order valence-corrected chi connectivity index (χ2v) is 5.36. The molecule has 0 amide bonds. The van der Waals surface area contributed by atoms with Crippen LogP contribution in [0.25, 0.3) is 11.0 Å². The highest BCUT2D eigenvalue weighted by Crippen LogP contribution is 2.30. The monoisotopic (exact) mass is 302 g/mol. The van der Waals surface area contributed by atoms with E-state index in [0.717, 1.165) is 28.3 Å². The summed E-state index contributed by atoms with van der Waals surface area (Å²) >= 11 is 6.28. The van der Waals surface area contributed by atoms with Gasteiger partial charge in [0.15, 0.2) is 0 Å². The van der Waals surface area contributed by atoms with E-state index < -0.39 is 0 Å². The van der Waals surface area contributed by atoms with Crippen molar-refractivity contribution in [3.8, 4) is 5.75 Å². The number of alkyl halides is 1. The van der Waals surface area contributed by atoms with Crippen molar-refractivity contribution in [2.24, 2.45) is 0 Å². The minimum absolute atomic E-state index is 0.205. The summed E-state index contributed by atoms with van der Waals surface area (Å²) in [5.41, 5.74) is 2.71. The summed E-state index contributed by atoms with van der Waals surface area (Å²) in [5.74, 6) is 1.54. The Kier molecular flexibility index (Phi) is 3.75. The summed E-state index contributed by atoms with van der Waals surface area (Å²) < 4.78 is 7.45. The van der Waals surface area contributed by atoms with Gasteiger partial charge in [0.1, 0.15) is 23.4 Å². The van der Waals surface area contributed by atoms with E-state index in [-0.39, 0.29) is 5.38 Å². The molecule has 0 N–H and O–H groups in total. The topological polar surface area (TPSA) is 52.8 Å². The number of para-hydroxylation sites is 1. The van der Waals surface area contributed by atoms with E-state index >= 15 is 0 Å². The lowest BCUT2D eigenvalue weighted by Crippen LogP contribution is -2.07. The van der Waals surface area contributed by atoms with E-state index in [1.165, 1.54) is 0 Å². The molecule has 0 aliphatic rings. The molecule has 3 rings (SSSR count). The van der Waals surface area contributed by atoms with Crippen molar-refractivity contribution >= 4 is 22.6 Å². The van der Waals surface area contributed by atoms with Crippen LogP contribution >= 0.6 is 11.6 Å². The highest BCUT2D eigenvalue weighted by Gasteiger charge is 2.17. The number of nitrogens with zero attached hydrogens (tertiary/aromatic N) is 4. The van der Waals surface area contributed by atoms with Crippen molar-refractivity contribution in [2.75, 3.05) is 7.11 Å². The first kappa shape index (κ1) is 13.8. The molecule has 1 unspecified atom stereocenters. The molecule has 21 heavy (non-hydrogen) atoms. The van der Waals surface area contributed by atoms with Crippen LogP contribution in [0.1, 0.15) is 23.8 Å². The Morgan fingerprint density at radius 2 is 2.19 bits per heavy atom. The summed E-state index contributed by atoms with van der Waals surface area (Å²) in [6.45, 7) is 2.50. The second-order valence-electron chi connectivity index (χ2n) is 4.70. The molecule has 0 saturated heterocycles. The SMILES string of the molecule is COc1cccc2c1nc(C(C)Cl)n2Cc1ccncn1. The van der Waals surface area contributed by atoms with Crippen LogP contribution in [-0.4, -0.2) is 26.6 Å². The molecular weight excluding hydrogens is 288 g/mol. The maximum Gasteiger partial charge on any atom is 0.146 e. The largest absolute Gasteiger partial charge is 0.494 e. The van der Waals surface area contributed by atoms with Crippen LogP contribution in [0.4, 0.5) is 0 Å². The maximum atomic E-state index is 6.28. The highest BCUT2D eigenvalue weighted by molar-refractivity contribution is 6.20. The zero-order valence-corrected chi connectivity index (χ0v) is 12.6. The molecular formula is C15H15ClN4O. The molecule has 0 bridgehead atoms. The van der Waals surface area contributed by atoms with E-state index in [1.54, 1.807) is 19.6 Å². The molecule has 0 fully saturated rings. The summed E-state index contributed by atoms with van der Waals surface area (Å²) in [6, 6.07) is 7.73. The van der Waals surface area contributed by atoms with Crippen molar-refractivity contribution in [3.63, 3.8) is 0 Å². The Bertz CT molecular complexity index is 755. The van der Waals surface area contributed by atoms with Crippen molar-refractivity contribution < 1.29 is 4.74 Å². The third-order valence-electron chi connectivity index (χ3n) is 3.31. The normalized spacial score (nSPS) is 12.5. The van der Waals surface area contributed by atoms with Gasteiger partial charge < -0.3 is 9.30 Å². The average molecular weight is 303 g/mol. The summed E-state index contributed by atoms with van der Waals surface area (Å²) in [5, 5.41) is -0.205. The van der Waals surface area contributed by atoms with Gasteiger partial charge in [-0.3, -0.25) is 0 Å². The van der Waals surface area contributed by atoms with Gasteiger partial charge in [0.25, 0.3) is 0 Å². The Balaban J connectivity index is 2.17. The molecule has 5 nitrogen and oxygen atoms in total. The van der Waals surface area contributed by atoms with Crippen molar-refractivity contribution in [3.05, 3.63) is 48.3 Å². The first-order valence-corrected chi connectivity index (χ1v) is 7.06. The van der Waals surface area contributed by atoms with Gasteiger partial charge in [0.2, 0.25) is 0 Å². The maximum absolute atomic E-state index is 6.28. The van der Waals surface area contributed by atoms with Crippen molar-refractivity contribution in [1.82, 2.24) is 19.5 Å². The molecule has 3 aromatic rings. The van der Waals surface area contributed by atoms with E-state index in [0.29, 0.717) is 6.54 Å². The first-order chi connectivity index (χ1) is 10.2. The van der Waals surface area contributed by atoms with Crippen LogP contribution in [0.3, 0.4) is 0 Å². The third-order valence-corrected chi connectivity index (χ3v) is 3.51. The zero-order chi connectivity index (χ0) is 14.8. The van der Waals surface area contributed by atoms with Gasteiger partial charge in [-0.2, -0.15) is 0 Å². The molecule has 6 heteroatoms. The average Bonchev–Trinajstić information content (AvgIpc) is 2.87. The number of fused-ring (bicyclic) bond motifs is 1. The number of halogens is 1. The Morgan fingerprint density at radius 3 is 2.86 bits per heavy atom. The third kappa shape index (κ3) is 2.56. The van der Waals surface area contributed by atoms with Crippen LogP contribution < -0.4 is 4.74 Å².